The van der Waals surface area contributed by atoms with Crippen LogP contribution in [0.15, 0.2) is 12.1 Å². The fraction of sp³-hybridized carbons (Fsp3) is 0.500. The Morgan fingerprint density at radius 3 is 2.69 bits per heavy atom. The van der Waals surface area contributed by atoms with Crippen LogP contribution in [0.1, 0.15) is 29.6 Å². The predicted octanol–water partition coefficient (Wildman–Crippen LogP) is 1.18. The zero-order valence-electron chi connectivity index (χ0n) is 9.56. The fourth-order valence-corrected chi connectivity index (χ4v) is 2.34. The van der Waals surface area contributed by atoms with E-state index in [2.05, 4.69) is 0 Å². The molecular weight excluding hydrogens is 206 g/mol. The molecule has 0 heterocycles. The largest absolute Gasteiger partial charge is 0.497 e. The number of fused-ring (bicyclic) bond motifs is 1. The molecule has 1 aromatic rings. The summed E-state index contributed by atoms with van der Waals surface area (Å²) >= 11 is 0. The second-order valence-electron chi connectivity index (χ2n) is 4.02. The molecule has 16 heavy (non-hydrogen) atoms. The van der Waals surface area contributed by atoms with Crippen LogP contribution in [0.4, 0.5) is 0 Å². The highest BCUT2D eigenvalue weighted by Crippen LogP contribution is 2.46. The Bertz CT molecular complexity index is 392. The fourth-order valence-electron chi connectivity index (χ4n) is 2.34. The van der Waals surface area contributed by atoms with Crippen molar-refractivity contribution in [3.63, 3.8) is 0 Å². The maximum atomic E-state index is 9.98. The molecule has 3 N–H and O–H groups in total. The van der Waals surface area contributed by atoms with Crippen molar-refractivity contribution in [3.8, 4) is 11.5 Å². The van der Waals surface area contributed by atoms with E-state index in [4.69, 9.17) is 15.2 Å². The van der Waals surface area contributed by atoms with Crippen LogP contribution in [0.25, 0.3) is 0 Å². The van der Waals surface area contributed by atoms with Crippen molar-refractivity contribution in [3.05, 3.63) is 23.3 Å². The van der Waals surface area contributed by atoms with E-state index in [0.29, 0.717) is 18.7 Å². The molecule has 0 aliphatic heterocycles. The van der Waals surface area contributed by atoms with Gasteiger partial charge in [0, 0.05) is 11.6 Å². The lowest BCUT2D eigenvalue weighted by molar-refractivity contribution is 0.170. The number of aliphatic hydroxyl groups is 1. The minimum atomic E-state index is -0.482. The highest BCUT2D eigenvalue weighted by molar-refractivity contribution is 5.52. The normalized spacial score (nSPS) is 23.0. The molecule has 4 nitrogen and oxygen atoms in total. The molecule has 1 aliphatic rings. The zero-order valence-corrected chi connectivity index (χ0v) is 9.56. The van der Waals surface area contributed by atoms with Gasteiger partial charge in [-0.2, -0.15) is 0 Å². The third-order valence-corrected chi connectivity index (χ3v) is 3.17. The maximum Gasteiger partial charge on any atom is 0.128 e. The number of hydrogen-bond acceptors (Lipinski definition) is 4. The number of hydrogen-bond donors (Lipinski definition) is 2. The number of rotatable bonds is 3. The van der Waals surface area contributed by atoms with Crippen LogP contribution in [-0.2, 0) is 0 Å². The summed E-state index contributed by atoms with van der Waals surface area (Å²) < 4.78 is 10.5. The summed E-state index contributed by atoms with van der Waals surface area (Å²) in [6.45, 7) is 0.528. The third kappa shape index (κ3) is 1.64. The summed E-state index contributed by atoms with van der Waals surface area (Å²) in [7, 11) is 3.21. The van der Waals surface area contributed by atoms with Gasteiger partial charge >= 0.3 is 0 Å². The summed E-state index contributed by atoms with van der Waals surface area (Å²) in [5.41, 5.74) is 7.61. The minimum Gasteiger partial charge on any atom is -0.497 e. The van der Waals surface area contributed by atoms with Crippen LogP contribution < -0.4 is 15.2 Å². The lowest BCUT2D eigenvalue weighted by Gasteiger charge is -2.13. The highest BCUT2D eigenvalue weighted by atomic mass is 16.5. The van der Waals surface area contributed by atoms with Crippen molar-refractivity contribution >= 4 is 0 Å². The van der Waals surface area contributed by atoms with E-state index in [1.54, 1.807) is 20.3 Å². The van der Waals surface area contributed by atoms with E-state index < -0.39 is 6.10 Å². The molecule has 0 aromatic heterocycles. The van der Waals surface area contributed by atoms with Gasteiger partial charge in [0.2, 0.25) is 0 Å². The molecule has 0 fully saturated rings. The Hall–Kier alpha value is -1.26. The van der Waals surface area contributed by atoms with E-state index in [9.17, 15) is 5.11 Å². The van der Waals surface area contributed by atoms with Gasteiger partial charge in [0.25, 0.3) is 0 Å². The first-order valence-corrected chi connectivity index (χ1v) is 5.35. The van der Waals surface area contributed by atoms with Gasteiger partial charge in [-0.05, 0) is 30.5 Å². The second kappa shape index (κ2) is 4.31. The van der Waals surface area contributed by atoms with Gasteiger partial charge in [-0.1, -0.05) is 0 Å². The van der Waals surface area contributed by atoms with Crippen LogP contribution in [0.5, 0.6) is 11.5 Å². The van der Waals surface area contributed by atoms with Crippen molar-refractivity contribution < 1.29 is 14.6 Å². The molecule has 2 atom stereocenters. The molecule has 0 amide bonds. The molecule has 0 saturated carbocycles. The highest BCUT2D eigenvalue weighted by Gasteiger charge is 2.32. The molecule has 2 rings (SSSR count). The van der Waals surface area contributed by atoms with E-state index >= 15 is 0 Å². The standard InChI is InChI=1S/C12H17NO3/c1-15-8-4-9-7(6-13)3-10(14)12(9)11(5-8)16-2/h4-5,7,10,14H,3,6,13H2,1-2H3. The van der Waals surface area contributed by atoms with E-state index in [0.717, 1.165) is 16.9 Å². The summed E-state index contributed by atoms with van der Waals surface area (Å²) in [5, 5.41) is 9.98. The first-order valence-electron chi connectivity index (χ1n) is 5.35. The molecule has 4 heteroatoms. The van der Waals surface area contributed by atoms with Gasteiger partial charge in [-0.3, -0.25) is 0 Å². The van der Waals surface area contributed by atoms with Gasteiger partial charge in [-0.25, -0.2) is 0 Å². The predicted molar refractivity (Wildman–Crippen MR) is 60.9 cm³/mol. The van der Waals surface area contributed by atoms with Gasteiger partial charge in [-0.15, -0.1) is 0 Å². The Morgan fingerprint density at radius 2 is 2.12 bits per heavy atom. The van der Waals surface area contributed by atoms with Crippen LogP contribution in [0.2, 0.25) is 0 Å². The molecule has 0 radical (unpaired) electrons. The Kier molecular flexibility index (Phi) is 3.03. The number of methoxy groups -OCH3 is 2. The van der Waals surface area contributed by atoms with Crippen LogP contribution in [-0.4, -0.2) is 25.9 Å². The van der Waals surface area contributed by atoms with Crippen molar-refractivity contribution in [2.75, 3.05) is 20.8 Å². The van der Waals surface area contributed by atoms with Crippen molar-refractivity contribution in [2.24, 2.45) is 5.73 Å². The Labute approximate surface area is 95.0 Å². The van der Waals surface area contributed by atoms with Crippen LogP contribution in [0.3, 0.4) is 0 Å². The minimum absolute atomic E-state index is 0.189. The van der Waals surface area contributed by atoms with Gasteiger partial charge < -0.3 is 20.3 Å². The van der Waals surface area contributed by atoms with Gasteiger partial charge in [0.05, 0.1) is 20.3 Å². The number of nitrogens with two attached hydrogens (primary N) is 1. The van der Waals surface area contributed by atoms with E-state index in [1.165, 1.54) is 0 Å². The third-order valence-electron chi connectivity index (χ3n) is 3.17. The van der Waals surface area contributed by atoms with E-state index in [1.807, 2.05) is 6.07 Å². The molecule has 0 bridgehead atoms. The first-order chi connectivity index (χ1) is 7.71. The van der Waals surface area contributed by atoms with Crippen molar-refractivity contribution in [1.29, 1.82) is 0 Å². The van der Waals surface area contributed by atoms with Crippen LogP contribution >= 0.6 is 0 Å². The summed E-state index contributed by atoms with van der Waals surface area (Å²) in [6, 6.07) is 3.73. The number of ether oxygens (including phenoxy) is 2. The molecule has 2 unspecified atom stereocenters. The molecule has 1 aliphatic carbocycles. The number of benzene rings is 1. The smallest absolute Gasteiger partial charge is 0.128 e. The van der Waals surface area contributed by atoms with Crippen molar-refractivity contribution in [2.45, 2.75) is 18.4 Å². The molecule has 0 saturated heterocycles. The van der Waals surface area contributed by atoms with Crippen molar-refractivity contribution in [1.82, 2.24) is 0 Å². The zero-order chi connectivity index (χ0) is 11.7. The van der Waals surface area contributed by atoms with Gasteiger partial charge in [0.15, 0.2) is 0 Å². The Balaban J connectivity index is 2.54. The monoisotopic (exact) mass is 223 g/mol. The topological polar surface area (TPSA) is 64.7 Å². The lowest BCUT2D eigenvalue weighted by atomic mass is 10.0. The SMILES string of the molecule is COc1cc(OC)c2c(c1)C(CN)CC2O. The van der Waals surface area contributed by atoms with E-state index in [-0.39, 0.29) is 5.92 Å². The summed E-state index contributed by atoms with van der Waals surface area (Å²) in [6.07, 6.45) is 0.180. The summed E-state index contributed by atoms with van der Waals surface area (Å²) in [4.78, 5) is 0. The Morgan fingerprint density at radius 1 is 1.38 bits per heavy atom. The first kappa shape index (κ1) is 11.2. The molecule has 1 aromatic carbocycles. The second-order valence-corrected chi connectivity index (χ2v) is 4.02. The summed E-state index contributed by atoms with van der Waals surface area (Å²) in [5.74, 6) is 1.61. The van der Waals surface area contributed by atoms with Crippen LogP contribution in [0, 0.1) is 0 Å². The molecule has 0 spiro atoms. The number of aliphatic hydroxyl groups excluding tert-OH is 1. The maximum absolute atomic E-state index is 9.98. The molecule has 88 valence electrons. The van der Waals surface area contributed by atoms with Gasteiger partial charge in [0.1, 0.15) is 11.5 Å². The average Bonchev–Trinajstić information content (AvgIpc) is 2.65. The lowest BCUT2D eigenvalue weighted by Crippen LogP contribution is -2.09. The molecular formula is C12H17NO3. The quantitative estimate of drug-likeness (QED) is 0.807. The average molecular weight is 223 g/mol.